The summed E-state index contributed by atoms with van der Waals surface area (Å²) in [6.07, 6.45) is -6.64. The molecule has 100 valence electrons. The van der Waals surface area contributed by atoms with E-state index in [9.17, 15) is 24.9 Å². The molecule has 0 radical (unpaired) electrons. The first kappa shape index (κ1) is 13.8. The van der Waals surface area contributed by atoms with Crippen LogP contribution in [0.15, 0.2) is 0 Å². The largest absolute Gasteiger partial charge is 0.478 e. The molecular weight excluding hydrogens is 238 g/mol. The second-order valence-corrected chi connectivity index (χ2v) is 3.31. The molecule has 0 bridgehead atoms. The Morgan fingerprint density at radius 3 is 2.29 bits per heavy atom. The maximum Gasteiger partial charge on any atom is 0.360 e. The zero-order valence-corrected chi connectivity index (χ0v) is 8.65. The van der Waals surface area contributed by atoms with E-state index in [1.807, 2.05) is 0 Å². The van der Waals surface area contributed by atoms with Crippen LogP contribution in [-0.2, 0) is 9.59 Å². The molecule has 7 N–H and O–H groups in total. The Balaban J connectivity index is 5.09. The fourth-order valence-electron chi connectivity index (χ4n) is 1.03. The van der Waals surface area contributed by atoms with E-state index >= 15 is 0 Å². The number of carboxylic acid groups (broad SMARTS) is 1. The standard InChI is InChI=1S/C8H15NO8/c1-3(11)9-8(17,7(15)16)6(14)5(13)4(12)2-10/h4-6,10,12-14,17H,2H2,1H3,(H,9,11)(H,15,16)/t4-,5-,6+,8-/m1/s1/i1D. The van der Waals surface area contributed by atoms with Crippen LogP contribution < -0.4 is 5.32 Å². The van der Waals surface area contributed by atoms with Gasteiger partial charge in [0.05, 0.1) is 6.61 Å². The third-order valence-electron chi connectivity index (χ3n) is 1.99. The zero-order chi connectivity index (χ0) is 14.5. The fourth-order valence-corrected chi connectivity index (χ4v) is 1.03. The van der Waals surface area contributed by atoms with Crippen LogP contribution in [0.5, 0.6) is 0 Å². The third kappa shape index (κ3) is 3.61. The summed E-state index contributed by atoms with van der Waals surface area (Å²) in [5.74, 6) is -3.31. The maximum absolute atomic E-state index is 10.9. The van der Waals surface area contributed by atoms with Crippen molar-refractivity contribution in [3.63, 3.8) is 0 Å². The SMILES string of the molecule is [2H]CC(=O)N[C@](O)(C(=O)O)[C@@H](O)[C@H](O)[C@H](O)CO. The highest BCUT2D eigenvalue weighted by molar-refractivity contribution is 5.85. The van der Waals surface area contributed by atoms with Crippen molar-refractivity contribution < 1.29 is 41.6 Å². The number of hydrogen-bond acceptors (Lipinski definition) is 7. The van der Waals surface area contributed by atoms with Gasteiger partial charge in [-0.15, -0.1) is 0 Å². The molecule has 0 aliphatic heterocycles. The van der Waals surface area contributed by atoms with E-state index < -0.39 is 49.4 Å². The summed E-state index contributed by atoms with van der Waals surface area (Å²) >= 11 is 0. The molecular formula is C8H15NO8. The Morgan fingerprint density at radius 1 is 1.41 bits per heavy atom. The van der Waals surface area contributed by atoms with Gasteiger partial charge in [0.25, 0.3) is 5.72 Å². The molecule has 1 amide bonds. The molecule has 0 aromatic rings. The quantitative estimate of drug-likeness (QED) is 0.235. The van der Waals surface area contributed by atoms with Gasteiger partial charge in [0.2, 0.25) is 5.91 Å². The van der Waals surface area contributed by atoms with Gasteiger partial charge in [-0.25, -0.2) is 4.79 Å². The second kappa shape index (κ2) is 5.89. The van der Waals surface area contributed by atoms with Gasteiger partial charge in [0.15, 0.2) is 0 Å². The molecule has 0 heterocycles. The minimum atomic E-state index is -3.28. The lowest BCUT2D eigenvalue weighted by Gasteiger charge is -2.33. The van der Waals surface area contributed by atoms with Gasteiger partial charge in [-0.2, -0.15) is 0 Å². The topological polar surface area (TPSA) is 168 Å². The van der Waals surface area contributed by atoms with Crippen molar-refractivity contribution in [1.29, 1.82) is 0 Å². The lowest BCUT2D eigenvalue weighted by molar-refractivity contribution is -0.199. The predicted molar refractivity (Wildman–Crippen MR) is 51.5 cm³/mol. The molecule has 9 nitrogen and oxygen atoms in total. The predicted octanol–water partition coefficient (Wildman–Crippen LogP) is -4.03. The monoisotopic (exact) mass is 254 g/mol. The smallest absolute Gasteiger partial charge is 0.360 e. The Morgan fingerprint density at radius 2 is 1.94 bits per heavy atom. The van der Waals surface area contributed by atoms with E-state index in [4.69, 9.17) is 16.7 Å². The first-order chi connectivity index (χ1) is 8.20. The average Bonchev–Trinajstić information content (AvgIpc) is 2.35. The molecule has 0 aromatic heterocycles. The number of carboxylic acids is 1. The van der Waals surface area contributed by atoms with Crippen LogP contribution in [0.2, 0.25) is 0 Å². The number of carbonyl (C=O) groups excluding carboxylic acids is 1. The minimum Gasteiger partial charge on any atom is -0.478 e. The summed E-state index contributed by atoms with van der Waals surface area (Å²) in [5.41, 5.74) is -3.28. The lowest BCUT2D eigenvalue weighted by atomic mass is 9.97. The number of aliphatic hydroxyl groups is 5. The van der Waals surface area contributed by atoms with Crippen LogP contribution in [0, 0.1) is 0 Å². The highest BCUT2D eigenvalue weighted by atomic mass is 16.4. The Hall–Kier alpha value is -1.26. The normalized spacial score (nSPS) is 20.6. The number of aliphatic carboxylic acids is 1. The van der Waals surface area contributed by atoms with Crippen LogP contribution in [0.25, 0.3) is 0 Å². The van der Waals surface area contributed by atoms with E-state index in [2.05, 4.69) is 0 Å². The number of carbonyl (C=O) groups is 2. The van der Waals surface area contributed by atoms with E-state index in [0.29, 0.717) is 0 Å². The minimum absolute atomic E-state index is 0.916. The molecule has 4 atom stereocenters. The van der Waals surface area contributed by atoms with Crippen LogP contribution in [-0.4, -0.2) is 73.2 Å². The highest BCUT2D eigenvalue weighted by Gasteiger charge is 2.49. The molecule has 9 heteroatoms. The zero-order valence-electron chi connectivity index (χ0n) is 9.65. The van der Waals surface area contributed by atoms with Gasteiger partial charge in [0.1, 0.15) is 18.3 Å². The highest BCUT2D eigenvalue weighted by Crippen LogP contribution is 2.14. The van der Waals surface area contributed by atoms with E-state index in [1.165, 1.54) is 5.32 Å². The van der Waals surface area contributed by atoms with Crippen LogP contribution >= 0.6 is 0 Å². The molecule has 0 aliphatic rings. The summed E-state index contributed by atoms with van der Waals surface area (Å²) < 4.78 is 6.65. The third-order valence-corrected chi connectivity index (χ3v) is 1.99. The van der Waals surface area contributed by atoms with Crippen LogP contribution in [0.4, 0.5) is 0 Å². The summed E-state index contributed by atoms with van der Waals surface area (Å²) in [4.78, 5) is 21.7. The lowest BCUT2D eigenvalue weighted by Crippen LogP contribution is -2.66. The Labute approximate surface area is 97.3 Å². The number of amides is 1. The van der Waals surface area contributed by atoms with Crippen molar-refractivity contribution in [2.75, 3.05) is 6.61 Å². The average molecular weight is 254 g/mol. The summed E-state index contributed by atoms with van der Waals surface area (Å²) in [6.45, 7) is -1.92. The van der Waals surface area contributed by atoms with Crippen molar-refractivity contribution in [2.45, 2.75) is 30.9 Å². The molecule has 0 aliphatic carbocycles. The van der Waals surface area contributed by atoms with Crippen LogP contribution in [0.1, 0.15) is 8.27 Å². The Kier molecular flexibility index (Phi) is 4.78. The van der Waals surface area contributed by atoms with E-state index in [-0.39, 0.29) is 0 Å². The van der Waals surface area contributed by atoms with Gasteiger partial charge < -0.3 is 36.0 Å². The molecule has 17 heavy (non-hydrogen) atoms. The van der Waals surface area contributed by atoms with E-state index in [1.54, 1.807) is 0 Å². The van der Waals surface area contributed by atoms with Gasteiger partial charge >= 0.3 is 5.97 Å². The molecule has 0 saturated carbocycles. The molecule has 0 unspecified atom stereocenters. The number of rotatable bonds is 6. The van der Waals surface area contributed by atoms with Crippen molar-refractivity contribution in [3.05, 3.63) is 0 Å². The fraction of sp³-hybridized carbons (Fsp3) is 0.750. The summed E-state index contributed by atoms with van der Waals surface area (Å²) in [7, 11) is 0. The second-order valence-electron chi connectivity index (χ2n) is 3.31. The van der Waals surface area contributed by atoms with Crippen molar-refractivity contribution >= 4 is 11.9 Å². The molecule has 0 rings (SSSR count). The first-order valence-electron chi connectivity index (χ1n) is 5.12. The molecule has 0 saturated heterocycles. The van der Waals surface area contributed by atoms with Crippen LogP contribution in [0.3, 0.4) is 0 Å². The van der Waals surface area contributed by atoms with Gasteiger partial charge in [-0.3, -0.25) is 4.79 Å². The summed E-state index contributed by atoms with van der Waals surface area (Å²) in [6, 6.07) is 0. The van der Waals surface area contributed by atoms with E-state index in [0.717, 1.165) is 0 Å². The van der Waals surface area contributed by atoms with Gasteiger partial charge in [-0.05, 0) is 0 Å². The van der Waals surface area contributed by atoms with Crippen molar-refractivity contribution in [1.82, 2.24) is 5.32 Å². The Bertz CT molecular complexity index is 313. The first-order valence-corrected chi connectivity index (χ1v) is 4.41. The van der Waals surface area contributed by atoms with Crippen molar-refractivity contribution in [2.24, 2.45) is 0 Å². The van der Waals surface area contributed by atoms with Gasteiger partial charge in [0, 0.05) is 8.27 Å². The number of nitrogens with one attached hydrogen (secondary N) is 1. The van der Waals surface area contributed by atoms with Gasteiger partial charge in [-0.1, -0.05) is 0 Å². The molecule has 0 spiro atoms. The summed E-state index contributed by atoms with van der Waals surface area (Å²) in [5, 5.41) is 55.9. The number of aliphatic hydroxyl groups excluding tert-OH is 4. The van der Waals surface area contributed by atoms with Crippen molar-refractivity contribution in [3.8, 4) is 0 Å². The number of hydrogen-bond donors (Lipinski definition) is 7. The molecule has 0 fully saturated rings. The molecule has 0 aromatic carbocycles. The maximum atomic E-state index is 10.9.